The second-order valence-electron chi connectivity index (χ2n) is 14.9. The van der Waals surface area contributed by atoms with Gasteiger partial charge in [-0.05, 0) is 158 Å². The molecular weight excluding hydrogens is 765 g/mol. The number of rotatable bonds is 16. The fourth-order valence-electron chi connectivity index (χ4n) is 7.05. The van der Waals surface area contributed by atoms with Gasteiger partial charge < -0.3 is 9.47 Å². The molecule has 0 aliphatic heterocycles. The monoisotopic (exact) mass is 814 g/mol. The Bertz CT molecular complexity index is 2550. The maximum Gasteiger partial charge on any atom is 0.206 e. The van der Waals surface area contributed by atoms with E-state index in [1.807, 2.05) is 45.0 Å². The van der Waals surface area contributed by atoms with Crippen LogP contribution < -0.4 is 9.47 Å². The van der Waals surface area contributed by atoms with Crippen LogP contribution >= 0.6 is 0 Å². The zero-order valence-corrected chi connectivity index (χ0v) is 35.5. The molecule has 0 saturated heterocycles. The molecule has 0 atom stereocenters. The standard InChI is InChI=1S/C49H50O7S2/c1-7-48(6,8-2)38-17-29-44(30-18-38)58(53,54)46-33-25-41(26-34-46)55-40-21-13-36(14-22-40)47(50)37-15-23-42(24-16-37)56-49(9-3,10-4)39-19-31-45(32-20-39)57(51,52)43-27-11-35(5)12-28-43/h11-34H,7-10H2,1-6H3. The Hall–Kier alpha value is -5.51. The van der Waals surface area contributed by atoms with Gasteiger partial charge in [-0.3, -0.25) is 4.79 Å². The number of hydrogen-bond acceptors (Lipinski definition) is 7. The number of sulfone groups is 2. The molecule has 6 rings (SSSR count). The molecule has 9 heteroatoms. The van der Waals surface area contributed by atoms with Crippen molar-refractivity contribution in [2.45, 2.75) is 97.8 Å². The first-order chi connectivity index (χ1) is 27.7. The second-order valence-corrected chi connectivity index (χ2v) is 18.8. The molecule has 0 amide bonds. The highest BCUT2D eigenvalue weighted by molar-refractivity contribution is 7.91. The molecule has 0 fully saturated rings. The van der Waals surface area contributed by atoms with Crippen LogP contribution in [0.3, 0.4) is 0 Å². The van der Waals surface area contributed by atoms with Gasteiger partial charge in [-0.2, -0.15) is 0 Å². The lowest BCUT2D eigenvalue weighted by Gasteiger charge is -2.33. The van der Waals surface area contributed by atoms with E-state index >= 15 is 0 Å². The Kier molecular flexibility index (Phi) is 12.4. The van der Waals surface area contributed by atoms with Crippen LogP contribution in [0.25, 0.3) is 0 Å². The topological polar surface area (TPSA) is 104 Å². The molecule has 300 valence electrons. The molecule has 0 heterocycles. The summed E-state index contributed by atoms with van der Waals surface area (Å²) in [5.74, 6) is 1.38. The first kappa shape index (κ1) is 42.1. The van der Waals surface area contributed by atoms with Gasteiger partial charge in [0.15, 0.2) is 5.78 Å². The first-order valence-electron chi connectivity index (χ1n) is 19.7. The Morgan fingerprint density at radius 1 is 0.466 bits per heavy atom. The van der Waals surface area contributed by atoms with Gasteiger partial charge in [0.25, 0.3) is 0 Å². The summed E-state index contributed by atoms with van der Waals surface area (Å²) in [7, 11) is -7.37. The van der Waals surface area contributed by atoms with Crippen LogP contribution in [0.1, 0.15) is 92.9 Å². The highest BCUT2D eigenvalue weighted by Gasteiger charge is 2.32. The van der Waals surface area contributed by atoms with Crippen LogP contribution in [-0.4, -0.2) is 22.6 Å². The smallest absolute Gasteiger partial charge is 0.206 e. The Morgan fingerprint density at radius 2 is 0.810 bits per heavy atom. The van der Waals surface area contributed by atoms with Crippen molar-refractivity contribution in [1.82, 2.24) is 0 Å². The third kappa shape index (κ3) is 8.66. The number of carbonyl (C=O) groups is 1. The van der Waals surface area contributed by atoms with Crippen molar-refractivity contribution in [2.24, 2.45) is 0 Å². The third-order valence-electron chi connectivity index (χ3n) is 11.5. The summed E-state index contributed by atoms with van der Waals surface area (Å²) in [6.07, 6.45) is 3.21. The number of benzene rings is 6. The van der Waals surface area contributed by atoms with E-state index in [-0.39, 0.29) is 30.8 Å². The number of ketones is 1. The van der Waals surface area contributed by atoms with Crippen molar-refractivity contribution in [1.29, 1.82) is 0 Å². The van der Waals surface area contributed by atoms with Crippen LogP contribution in [0.15, 0.2) is 165 Å². The zero-order valence-electron chi connectivity index (χ0n) is 33.9. The predicted molar refractivity (Wildman–Crippen MR) is 229 cm³/mol. The fraction of sp³-hybridized carbons (Fsp3) is 0.245. The van der Waals surface area contributed by atoms with Gasteiger partial charge >= 0.3 is 0 Å². The van der Waals surface area contributed by atoms with E-state index < -0.39 is 25.3 Å². The highest BCUT2D eigenvalue weighted by atomic mass is 32.2. The quantitative estimate of drug-likeness (QED) is 0.0896. The van der Waals surface area contributed by atoms with E-state index in [1.54, 1.807) is 109 Å². The summed E-state index contributed by atoms with van der Waals surface area (Å²) in [6, 6.07) is 41.0. The maximum atomic E-state index is 13.4. The molecule has 0 unspecified atom stereocenters. The molecule has 6 aromatic rings. The molecule has 0 bridgehead atoms. The van der Waals surface area contributed by atoms with Crippen LogP contribution in [0.4, 0.5) is 0 Å². The normalized spacial score (nSPS) is 12.2. The van der Waals surface area contributed by atoms with Gasteiger partial charge in [-0.15, -0.1) is 0 Å². The number of hydrogen-bond donors (Lipinski definition) is 0. The van der Waals surface area contributed by atoms with Crippen LogP contribution in [0.2, 0.25) is 0 Å². The van der Waals surface area contributed by atoms with E-state index in [9.17, 15) is 21.6 Å². The summed E-state index contributed by atoms with van der Waals surface area (Å²) in [5.41, 5.74) is 3.23. The van der Waals surface area contributed by atoms with Crippen molar-refractivity contribution in [2.75, 3.05) is 0 Å². The maximum absolute atomic E-state index is 13.4. The number of carbonyl (C=O) groups excluding carboxylic acids is 1. The van der Waals surface area contributed by atoms with Gasteiger partial charge in [0, 0.05) is 11.1 Å². The molecule has 0 aromatic heterocycles. The SMILES string of the molecule is CCC(C)(CC)c1ccc(S(=O)(=O)c2ccc(Oc3ccc(C(=O)c4ccc(OC(CC)(CC)c5ccc(S(=O)(=O)c6ccc(C)cc6)cc5)cc4)cc3)cc2)cc1. The molecule has 0 saturated carbocycles. The van der Waals surface area contributed by atoms with E-state index in [0.29, 0.717) is 41.2 Å². The van der Waals surface area contributed by atoms with Crippen LogP contribution in [0, 0.1) is 6.92 Å². The van der Waals surface area contributed by atoms with Gasteiger partial charge in [0.2, 0.25) is 19.7 Å². The molecule has 0 aliphatic rings. The van der Waals surface area contributed by atoms with E-state index in [2.05, 4.69) is 20.8 Å². The average Bonchev–Trinajstić information content (AvgIpc) is 3.26. The van der Waals surface area contributed by atoms with Gasteiger partial charge in [0.05, 0.1) is 19.6 Å². The molecule has 0 N–H and O–H groups in total. The lowest BCUT2D eigenvalue weighted by molar-refractivity contribution is 0.0572. The van der Waals surface area contributed by atoms with Crippen molar-refractivity contribution >= 4 is 25.5 Å². The largest absolute Gasteiger partial charge is 0.483 e. The molecule has 6 aromatic carbocycles. The molecular formula is C49H50O7S2. The lowest BCUT2D eigenvalue weighted by atomic mass is 9.78. The minimum Gasteiger partial charge on any atom is -0.483 e. The molecule has 0 aliphatic carbocycles. The van der Waals surface area contributed by atoms with Crippen LogP contribution in [-0.2, 0) is 30.7 Å². The summed E-state index contributed by atoms with van der Waals surface area (Å²) in [4.78, 5) is 14.3. The fourth-order valence-corrected chi connectivity index (χ4v) is 9.57. The summed E-state index contributed by atoms with van der Waals surface area (Å²) >= 11 is 0. The Balaban J connectivity index is 1.09. The number of ether oxygens (including phenoxy) is 2. The highest BCUT2D eigenvalue weighted by Crippen LogP contribution is 2.37. The summed E-state index contributed by atoms with van der Waals surface area (Å²) in [6.45, 7) is 12.4. The Morgan fingerprint density at radius 3 is 1.21 bits per heavy atom. The first-order valence-corrected chi connectivity index (χ1v) is 22.6. The van der Waals surface area contributed by atoms with Crippen molar-refractivity contribution in [3.8, 4) is 17.2 Å². The van der Waals surface area contributed by atoms with Gasteiger partial charge in [-0.1, -0.05) is 76.6 Å². The van der Waals surface area contributed by atoms with Gasteiger partial charge in [0.1, 0.15) is 22.8 Å². The zero-order chi connectivity index (χ0) is 41.7. The Labute approximate surface area is 343 Å². The van der Waals surface area contributed by atoms with E-state index in [1.165, 1.54) is 12.1 Å². The predicted octanol–water partition coefficient (Wildman–Crippen LogP) is 11.9. The molecule has 0 radical (unpaired) electrons. The van der Waals surface area contributed by atoms with Crippen molar-refractivity contribution in [3.05, 3.63) is 173 Å². The average molecular weight is 815 g/mol. The minimum absolute atomic E-state index is 0.00244. The summed E-state index contributed by atoms with van der Waals surface area (Å²) in [5, 5.41) is 0. The number of aryl methyl sites for hydroxylation is 1. The summed E-state index contributed by atoms with van der Waals surface area (Å²) < 4.78 is 65.8. The molecule has 7 nitrogen and oxygen atoms in total. The van der Waals surface area contributed by atoms with Gasteiger partial charge in [-0.25, -0.2) is 16.8 Å². The molecule has 0 spiro atoms. The van der Waals surface area contributed by atoms with E-state index in [4.69, 9.17) is 9.47 Å². The third-order valence-corrected chi connectivity index (χ3v) is 15.1. The van der Waals surface area contributed by atoms with Crippen molar-refractivity contribution < 1.29 is 31.1 Å². The van der Waals surface area contributed by atoms with Crippen molar-refractivity contribution in [3.63, 3.8) is 0 Å². The molecule has 58 heavy (non-hydrogen) atoms. The van der Waals surface area contributed by atoms with E-state index in [0.717, 1.165) is 29.5 Å². The van der Waals surface area contributed by atoms with Crippen LogP contribution in [0.5, 0.6) is 17.2 Å². The minimum atomic E-state index is -3.71. The lowest BCUT2D eigenvalue weighted by Crippen LogP contribution is -2.31. The second kappa shape index (κ2) is 17.1.